The second-order valence-corrected chi connectivity index (χ2v) is 9.49. The number of pyridine rings is 1. The number of anilines is 2. The van der Waals surface area contributed by atoms with Crippen molar-refractivity contribution in [3.05, 3.63) is 35.3 Å². The second kappa shape index (κ2) is 10.7. The highest BCUT2D eigenvalue weighted by molar-refractivity contribution is 5.60. The molecule has 0 bridgehead atoms. The third-order valence-electron chi connectivity index (χ3n) is 6.99. The van der Waals surface area contributed by atoms with Crippen LogP contribution in [0.25, 0.3) is 5.65 Å². The lowest BCUT2D eigenvalue weighted by Crippen LogP contribution is -2.49. The summed E-state index contributed by atoms with van der Waals surface area (Å²) in [6.45, 7) is 10.8. The van der Waals surface area contributed by atoms with Crippen LogP contribution in [0.3, 0.4) is 0 Å². The van der Waals surface area contributed by atoms with Gasteiger partial charge in [-0.2, -0.15) is 4.98 Å². The Balaban J connectivity index is 1.26. The van der Waals surface area contributed by atoms with Crippen molar-refractivity contribution in [3.63, 3.8) is 0 Å². The zero-order chi connectivity index (χ0) is 24.2. The number of aromatic nitrogens is 5. The standard InChI is InChI=1S/C25H36N8O2/c1-3-4-11-35-25-29-22(26)24-28-17-21(33(24)30-25)15-19-14-18(2)23(27-16-19)32-7-5-20(6-8-32)31-9-12-34-13-10-31/h14,16-17,20H,3-13,15H2,1-2H3,(H2,26,29,30). The van der Waals surface area contributed by atoms with Gasteiger partial charge in [0.15, 0.2) is 11.5 Å². The lowest BCUT2D eigenvalue weighted by molar-refractivity contribution is 0.0114. The molecule has 5 rings (SSSR count). The number of hydrogen-bond acceptors (Lipinski definition) is 9. The van der Waals surface area contributed by atoms with Crippen LogP contribution in [0.2, 0.25) is 0 Å². The van der Waals surface area contributed by atoms with Gasteiger partial charge in [-0.1, -0.05) is 19.4 Å². The Morgan fingerprint density at radius 2 is 1.91 bits per heavy atom. The molecule has 0 unspecified atom stereocenters. The van der Waals surface area contributed by atoms with Gasteiger partial charge in [-0.25, -0.2) is 14.5 Å². The first-order valence-electron chi connectivity index (χ1n) is 12.8. The minimum Gasteiger partial charge on any atom is -0.462 e. The molecular formula is C25H36N8O2. The Morgan fingerprint density at radius 1 is 1.11 bits per heavy atom. The molecule has 0 aliphatic carbocycles. The zero-order valence-electron chi connectivity index (χ0n) is 20.8. The van der Waals surface area contributed by atoms with Crippen molar-refractivity contribution in [1.82, 2.24) is 29.5 Å². The van der Waals surface area contributed by atoms with E-state index in [9.17, 15) is 0 Å². The maximum absolute atomic E-state index is 6.11. The molecule has 2 N–H and O–H groups in total. The summed E-state index contributed by atoms with van der Waals surface area (Å²) < 4.78 is 12.9. The van der Waals surface area contributed by atoms with E-state index in [0.29, 0.717) is 30.5 Å². The first-order chi connectivity index (χ1) is 17.1. The Hall–Kier alpha value is -2.98. The number of nitrogen functional groups attached to an aromatic ring is 1. The predicted octanol–water partition coefficient (Wildman–Crippen LogP) is 2.48. The van der Waals surface area contributed by atoms with Crippen LogP contribution in [0.4, 0.5) is 11.6 Å². The summed E-state index contributed by atoms with van der Waals surface area (Å²) in [7, 11) is 0. The number of nitrogens with zero attached hydrogens (tertiary/aromatic N) is 7. The monoisotopic (exact) mass is 480 g/mol. The largest absolute Gasteiger partial charge is 0.462 e. The smallest absolute Gasteiger partial charge is 0.336 e. The van der Waals surface area contributed by atoms with E-state index in [1.165, 1.54) is 18.4 Å². The van der Waals surface area contributed by atoms with E-state index in [4.69, 9.17) is 20.2 Å². The molecule has 0 radical (unpaired) electrons. The average molecular weight is 481 g/mol. The van der Waals surface area contributed by atoms with Gasteiger partial charge in [0.25, 0.3) is 0 Å². The molecule has 10 heteroatoms. The number of morpholine rings is 1. The van der Waals surface area contributed by atoms with Crippen molar-refractivity contribution in [2.24, 2.45) is 0 Å². The van der Waals surface area contributed by atoms with Gasteiger partial charge in [-0.3, -0.25) is 4.90 Å². The van der Waals surface area contributed by atoms with E-state index in [2.05, 4.69) is 44.8 Å². The number of unbranched alkanes of at least 4 members (excludes halogenated alkanes) is 1. The van der Waals surface area contributed by atoms with Gasteiger partial charge in [0, 0.05) is 44.8 Å². The van der Waals surface area contributed by atoms with Crippen molar-refractivity contribution in [2.75, 3.05) is 56.6 Å². The van der Waals surface area contributed by atoms with Crippen molar-refractivity contribution < 1.29 is 9.47 Å². The number of rotatable bonds is 8. The number of fused-ring (bicyclic) bond motifs is 1. The molecule has 35 heavy (non-hydrogen) atoms. The molecule has 2 aliphatic rings. The maximum Gasteiger partial charge on any atom is 0.336 e. The fourth-order valence-electron chi connectivity index (χ4n) is 5.07. The maximum atomic E-state index is 6.11. The van der Waals surface area contributed by atoms with Crippen molar-refractivity contribution >= 4 is 17.3 Å². The molecule has 2 aliphatic heterocycles. The van der Waals surface area contributed by atoms with Gasteiger partial charge in [0.05, 0.1) is 31.7 Å². The first kappa shape index (κ1) is 23.7. The highest BCUT2D eigenvalue weighted by atomic mass is 16.5. The third kappa shape index (κ3) is 5.33. The normalized spacial score (nSPS) is 17.8. The highest BCUT2D eigenvalue weighted by Gasteiger charge is 2.27. The minimum absolute atomic E-state index is 0.285. The summed E-state index contributed by atoms with van der Waals surface area (Å²) in [5.41, 5.74) is 9.89. The lowest BCUT2D eigenvalue weighted by Gasteiger charge is -2.40. The van der Waals surface area contributed by atoms with E-state index in [1.54, 1.807) is 10.7 Å². The van der Waals surface area contributed by atoms with Crippen molar-refractivity contribution in [3.8, 4) is 6.01 Å². The second-order valence-electron chi connectivity index (χ2n) is 9.49. The van der Waals surface area contributed by atoms with E-state index in [1.807, 2.05) is 6.20 Å². The van der Waals surface area contributed by atoms with Crippen LogP contribution in [0.15, 0.2) is 18.5 Å². The fraction of sp³-hybridized carbons (Fsp3) is 0.600. The molecule has 0 spiro atoms. The van der Waals surface area contributed by atoms with Crippen LogP contribution in [-0.4, -0.2) is 81.5 Å². The Labute approximate surface area is 206 Å². The van der Waals surface area contributed by atoms with Gasteiger partial charge in [0.1, 0.15) is 5.82 Å². The number of aryl methyl sites for hydroxylation is 1. The summed E-state index contributed by atoms with van der Waals surface area (Å²) in [4.78, 5) is 18.6. The van der Waals surface area contributed by atoms with Crippen LogP contribution in [-0.2, 0) is 11.2 Å². The van der Waals surface area contributed by atoms with Crippen LogP contribution in [0.5, 0.6) is 6.01 Å². The lowest BCUT2D eigenvalue weighted by atomic mass is 10.0. The SMILES string of the molecule is CCCCOc1nc(N)c2ncc(Cc3cnc(N4CCC(N5CCOCC5)CC4)c(C)c3)n2n1. The number of ether oxygens (including phenoxy) is 2. The van der Waals surface area contributed by atoms with Gasteiger partial charge >= 0.3 is 6.01 Å². The summed E-state index contributed by atoms with van der Waals surface area (Å²) in [5, 5.41) is 4.52. The van der Waals surface area contributed by atoms with Gasteiger partial charge < -0.3 is 20.1 Å². The molecule has 2 fully saturated rings. The molecule has 3 aromatic heterocycles. The molecule has 2 saturated heterocycles. The Morgan fingerprint density at radius 3 is 2.66 bits per heavy atom. The molecule has 0 atom stereocenters. The van der Waals surface area contributed by atoms with Crippen LogP contribution in [0, 0.1) is 6.92 Å². The number of nitrogens with two attached hydrogens (primary N) is 1. The van der Waals surface area contributed by atoms with Gasteiger partial charge in [0.2, 0.25) is 0 Å². The molecule has 0 saturated carbocycles. The molecular weight excluding hydrogens is 444 g/mol. The molecule has 0 amide bonds. The van der Waals surface area contributed by atoms with E-state index < -0.39 is 0 Å². The molecule has 10 nitrogen and oxygen atoms in total. The van der Waals surface area contributed by atoms with Crippen molar-refractivity contribution in [2.45, 2.75) is 52.0 Å². The Bertz CT molecular complexity index is 1140. The first-order valence-corrected chi connectivity index (χ1v) is 12.8. The van der Waals surface area contributed by atoms with Crippen LogP contribution >= 0.6 is 0 Å². The topological polar surface area (TPSA) is 107 Å². The highest BCUT2D eigenvalue weighted by Crippen LogP contribution is 2.26. The Kier molecular flexibility index (Phi) is 7.29. The summed E-state index contributed by atoms with van der Waals surface area (Å²) in [6, 6.07) is 3.17. The summed E-state index contributed by atoms with van der Waals surface area (Å²) >= 11 is 0. The van der Waals surface area contributed by atoms with Gasteiger partial charge in [-0.15, -0.1) is 5.10 Å². The van der Waals surface area contributed by atoms with E-state index >= 15 is 0 Å². The number of piperidine rings is 1. The van der Waals surface area contributed by atoms with Crippen molar-refractivity contribution in [1.29, 1.82) is 0 Å². The molecule has 188 valence electrons. The number of imidazole rings is 1. The van der Waals surface area contributed by atoms with Gasteiger partial charge in [-0.05, 0) is 37.3 Å². The van der Waals surface area contributed by atoms with E-state index in [0.717, 1.165) is 69.3 Å². The third-order valence-corrected chi connectivity index (χ3v) is 6.99. The number of hydrogen-bond donors (Lipinski definition) is 1. The predicted molar refractivity (Wildman–Crippen MR) is 135 cm³/mol. The molecule has 5 heterocycles. The summed E-state index contributed by atoms with van der Waals surface area (Å²) in [6.07, 6.45) is 8.76. The van der Waals surface area contributed by atoms with Crippen LogP contribution < -0.4 is 15.4 Å². The zero-order valence-corrected chi connectivity index (χ0v) is 20.8. The molecule has 0 aromatic carbocycles. The minimum atomic E-state index is 0.285. The summed E-state index contributed by atoms with van der Waals surface area (Å²) in [5.74, 6) is 1.41. The average Bonchev–Trinajstić information content (AvgIpc) is 3.28. The van der Waals surface area contributed by atoms with Crippen LogP contribution in [0.1, 0.15) is 49.4 Å². The molecule has 3 aromatic rings. The fourth-order valence-corrected chi connectivity index (χ4v) is 5.07. The quantitative estimate of drug-likeness (QED) is 0.487. The van der Waals surface area contributed by atoms with E-state index in [-0.39, 0.29) is 6.01 Å².